The van der Waals surface area contributed by atoms with Gasteiger partial charge >= 0.3 is 0 Å². The summed E-state index contributed by atoms with van der Waals surface area (Å²) in [5.74, 6) is -0.190. The van der Waals surface area contributed by atoms with Crippen LogP contribution in [0.5, 0.6) is 5.75 Å². The van der Waals surface area contributed by atoms with Crippen molar-refractivity contribution in [1.82, 2.24) is 4.57 Å². The van der Waals surface area contributed by atoms with Crippen LogP contribution in [0.4, 0.5) is 8.78 Å². The molecule has 4 heteroatoms. The van der Waals surface area contributed by atoms with Gasteiger partial charge in [0.1, 0.15) is 24.0 Å². The van der Waals surface area contributed by atoms with Crippen molar-refractivity contribution in [2.75, 3.05) is 0 Å². The van der Waals surface area contributed by atoms with Crippen LogP contribution in [0.3, 0.4) is 0 Å². The molecule has 0 aliphatic carbocycles. The predicted molar refractivity (Wildman–Crippen MR) is 83.0 cm³/mol. The molecule has 0 saturated carbocycles. The fourth-order valence-electron chi connectivity index (χ4n) is 2.60. The van der Waals surface area contributed by atoms with Gasteiger partial charge in [0.15, 0.2) is 0 Å². The predicted octanol–water partition coefficient (Wildman–Crippen LogP) is 5.08. The van der Waals surface area contributed by atoms with E-state index in [-0.39, 0.29) is 24.3 Å². The largest absolute Gasteiger partial charge is 0.489 e. The SMILES string of the molecule is CC(C)n1cc(COc2cccc(F)c2)c2c(F)cccc21. The van der Waals surface area contributed by atoms with E-state index in [2.05, 4.69) is 0 Å². The van der Waals surface area contributed by atoms with E-state index in [0.29, 0.717) is 11.1 Å². The van der Waals surface area contributed by atoms with Crippen LogP contribution in [-0.4, -0.2) is 4.57 Å². The van der Waals surface area contributed by atoms with Crippen molar-refractivity contribution in [3.05, 3.63) is 65.9 Å². The maximum atomic E-state index is 14.2. The normalized spacial score (nSPS) is 11.3. The summed E-state index contributed by atoms with van der Waals surface area (Å²) in [7, 11) is 0. The first-order valence-electron chi connectivity index (χ1n) is 7.22. The summed E-state index contributed by atoms with van der Waals surface area (Å²) in [4.78, 5) is 0. The molecule has 0 radical (unpaired) electrons. The molecule has 3 aromatic rings. The number of benzene rings is 2. The Kier molecular flexibility index (Phi) is 3.84. The monoisotopic (exact) mass is 301 g/mol. The van der Waals surface area contributed by atoms with Crippen LogP contribution in [0.2, 0.25) is 0 Å². The Balaban J connectivity index is 1.96. The van der Waals surface area contributed by atoms with E-state index in [1.54, 1.807) is 18.2 Å². The summed E-state index contributed by atoms with van der Waals surface area (Å²) in [5, 5.41) is 0.563. The average Bonchev–Trinajstić information content (AvgIpc) is 2.86. The van der Waals surface area contributed by atoms with E-state index in [9.17, 15) is 8.78 Å². The minimum atomic E-state index is -0.353. The summed E-state index contributed by atoms with van der Waals surface area (Å²) >= 11 is 0. The number of nitrogens with zero attached hydrogens (tertiary/aromatic N) is 1. The second-order valence-electron chi connectivity index (χ2n) is 5.54. The third kappa shape index (κ3) is 2.69. The highest BCUT2D eigenvalue weighted by Crippen LogP contribution is 2.28. The molecule has 0 spiro atoms. The molecule has 2 nitrogen and oxygen atoms in total. The maximum absolute atomic E-state index is 14.2. The first kappa shape index (κ1) is 14.6. The number of hydrogen-bond donors (Lipinski definition) is 0. The molecule has 0 aliphatic rings. The number of fused-ring (bicyclic) bond motifs is 1. The number of ether oxygens (including phenoxy) is 1. The van der Waals surface area contributed by atoms with E-state index < -0.39 is 0 Å². The van der Waals surface area contributed by atoms with Crippen LogP contribution in [0.25, 0.3) is 10.9 Å². The topological polar surface area (TPSA) is 14.2 Å². The van der Waals surface area contributed by atoms with Gasteiger partial charge in [-0.1, -0.05) is 12.1 Å². The van der Waals surface area contributed by atoms with Gasteiger partial charge in [-0.25, -0.2) is 8.78 Å². The zero-order chi connectivity index (χ0) is 15.7. The van der Waals surface area contributed by atoms with Crippen molar-refractivity contribution < 1.29 is 13.5 Å². The molecular weight excluding hydrogens is 284 g/mol. The van der Waals surface area contributed by atoms with Gasteiger partial charge in [-0.05, 0) is 38.1 Å². The summed E-state index contributed by atoms with van der Waals surface area (Å²) in [5.41, 5.74) is 1.60. The van der Waals surface area contributed by atoms with Gasteiger partial charge in [-0.3, -0.25) is 0 Å². The Morgan fingerprint density at radius 1 is 1.09 bits per heavy atom. The lowest BCUT2D eigenvalue weighted by molar-refractivity contribution is 0.305. The molecule has 0 amide bonds. The second-order valence-corrected chi connectivity index (χ2v) is 5.54. The Morgan fingerprint density at radius 2 is 1.86 bits per heavy atom. The standard InChI is InChI=1S/C18H17F2NO/c1-12(2)21-10-13(18-16(20)7-4-8-17(18)21)11-22-15-6-3-5-14(19)9-15/h3-10,12H,11H2,1-2H3. The van der Waals surface area contributed by atoms with E-state index in [1.165, 1.54) is 18.2 Å². The molecule has 114 valence electrons. The Labute approximate surface area is 127 Å². The Morgan fingerprint density at radius 3 is 2.59 bits per heavy atom. The molecule has 3 rings (SSSR count). The van der Waals surface area contributed by atoms with Crippen molar-refractivity contribution in [3.8, 4) is 5.75 Å². The second kappa shape index (κ2) is 5.79. The first-order chi connectivity index (χ1) is 10.6. The Hall–Kier alpha value is -2.36. The van der Waals surface area contributed by atoms with Crippen molar-refractivity contribution in [2.45, 2.75) is 26.5 Å². The summed E-state index contributed by atoms with van der Waals surface area (Å²) in [6.07, 6.45) is 1.90. The highest BCUT2D eigenvalue weighted by Gasteiger charge is 2.14. The minimum absolute atomic E-state index is 0.195. The third-order valence-corrected chi connectivity index (χ3v) is 3.63. The Bertz CT molecular complexity index is 808. The van der Waals surface area contributed by atoms with E-state index >= 15 is 0 Å². The van der Waals surface area contributed by atoms with Crippen LogP contribution in [0.15, 0.2) is 48.7 Å². The molecule has 0 saturated heterocycles. The molecule has 1 heterocycles. The first-order valence-corrected chi connectivity index (χ1v) is 7.22. The molecule has 0 N–H and O–H groups in total. The van der Waals surface area contributed by atoms with Crippen LogP contribution < -0.4 is 4.74 Å². The molecule has 0 fully saturated rings. The molecule has 1 aromatic heterocycles. The number of rotatable bonds is 4. The summed E-state index contributed by atoms with van der Waals surface area (Å²) in [6.45, 7) is 4.28. The highest BCUT2D eigenvalue weighted by molar-refractivity contribution is 5.84. The molecule has 0 bridgehead atoms. The van der Waals surface area contributed by atoms with E-state index in [0.717, 1.165) is 11.1 Å². The lowest BCUT2D eigenvalue weighted by Crippen LogP contribution is -1.98. The van der Waals surface area contributed by atoms with Gasteiger partial charge in [0.2, 0.25) is 0 Å². The molecule has 2 aromatic carbocycles. The third-order valence-electron chi connectivity index (χ3n) is 3.63. The zero-order valence-corrected chi connectivity index (χ0v) is 12.5. The fraction of sp³-hybridized carbons (Fsp3) is 0.222. The van der Waals surface area contributed by atoms with Gasteiger partial charge in [-0.15, -0.1) is 0 Å². The average molecular weight is 301 g/mol. The van der Waals surface area contributed by atoms with Gasteiger partial charge in [0.05, 0.1) is 5.52 Å². The number of aromatic nitrogens is 1. The molecule has 0 aliphatic heterocycles. The van der Waals surface area contributed by atoms with Crippen LogP contribution in [0, 0.1) is 11.6 Å². The summed E-state index contributed by atoms with van der Waals surface area (Å²) in [6, 6.07) is 11.2. The van der Waals surface area contributed by atoms with E-state index in [4.69, 9.17) is 4.74 Å². The molecule has 22 heavy (non-hydrogen) atoms. The lowest BCUT2D eigenvalue weighted by atomic mass is 10.2. The number of halogens is 2. The maximum Gasteiger partial charge on any atom is 0.132 e. The highest BCUT2D eigenvalue weighted by atomic mass is 19.1. The fourth-order valence-corrected chi connectivity index (χ4v) is 2.60. The van der Waals surface area contributed by atoms with Gasteiger partial charge < -0.3 is 9.30 Å². The quantitative estimate of drug-likeness (QED) is 0.655. The molecule has 0 unspecified atom stereocenters. The van der Waals surface area contributed by atoms with Crippen molar-refractivity contribution in [2.24, 2.45) is 0 Å². The van der Waals surface area contributed by atoms with Gasteiger partial charge in [0, 0.05) is 29.3 Å². The minimum Gasteiger partial charge on any atom is -0.489 e. The lowest BCUT2D eigenvalue weighted by Gasteiger charge is -2.08. The van der Waals surface area contributed by atoms with Gasteiger partial charge in [-0.2, -0.15) is 0 Å². The van der Waals surface area contributed by atoms with Crippen molar-refractivity contribution in [1.29, 1.82) is 0 Å². The van der Waals surface area contributed by atoms with Crippen molar-refractivity contribution in [3.63, 3.8) is 0 Å². The number of hydrogen-bond acceptors (Lipinski definition) is 1. The van der Waals surface area contributed by atoms with Crippen LogP contribution in [0.1, 0.15) is 25.5 Å². The van der Waals surface area contributed by atoms with E-state index in [1.807, 2.05) is 30.7 Å². The summed E-state index contributed by atoms with van der Waals surface area (Å²) < 4.78 is 35.0. The smallest absolute Gasteiger partial charge is 0.132 e. The van der Waals surface area contributed by atoms with Crippen LogP contribution >= 0.6 is 0 Å². The van der Waals surface area contributed by atoms with Crippen LogP contribution in [-0.2, 0) is 6.61 Å². The molecule has 0 atom stereocenters. The van der Waals surface area contributed by atoms with Gasteiger partial charge in [0.25, 0.3) is 0 Å². The molecular formula is C18H17F2NO. The van der Waals surface area contributed by atoms with Crippen molar-refractivity contribution >= 4 is 10.9 Å². The zero-order valence-electron chi connectivity index (χ0n) is 12.5.